The maximum atomic E-state index is 11.3. The zero-order chi connectivity index (χ0) is 31.7. The fourth-order valence-corrected chi connectivity index (χ4v) is 61.2. The van der Waals surface area contributed by atoms with Crippen molar-refractivity contribution in [3.8, 4) is 0 Å². The first-order valence-corrected chi connectivity index (χ1v) is 31.4. The third kappa shape index (κ3) is 20.7. The summed E-state index contributed by atoms with van der Waals surface area (Å²) in [4.78, 5) is 67.9. The Labute approximate surface area is 270 Å². The second-order valence-corrected chi connectivity index (χ2v) is 39.8. The molecule has 1 fully saturated rings. The van der Waals surface area contributed by atoms with Gasteiger partial charge in [0, 0.05) is 0 Å². The van der Waals surface area contributed by atoms with E-state index >= 15 is 0 Å². The Kier molecular flexibility index (Phi) is 21.2. The van der Waals surface area contributed by atoms with Gasteiger partial charge in [0.15, 0.2) is 0 Å². The van der Waals surface area contributed by atoms with Gasteiger partial charge in [0.1, 0.15) is 0 Å². The molecule has 0 aliphatic carbocycles. The fourth-order valence-electron chi connectivity index (χ4n) is 2.75. The zero-order valence-corrected chi connectivity index (χ0v) is 34.7. The topological polar surface area (TPSA) is 279 Å². The van der Waals surface area contributed by atoms with Gasteiger partial charge in [-0.25, -0.2) is 0 Å². The molecule has 1 rings (SSSR count). The van der Waals surface area contributed by atoms with E-state index < -0.39 is 126 Å². The van der Waals surface area contributed by atoms with Crippen LogP contribution in [0.5, 0.6) is 0 Å². The predicted molar refractivity (Wildman–Crippen MR) is 143 cm³/mol. The van der Waals surface area contributed by atoms with Crippen LogP contribution in [0.2, 0.25) is 31.5 Å². The Morgan fingerprint density at radius 3 is 0.524 bits per heavy atom. The molecule has 1 saturated heterocycles. The molecule has 0 unspecified atom stereocenters. The van der Waals surface area contributed by atoms with Crippen LogP contribution in [0, 0.1) is 0 Å². The second-order valence-electron chi connectivity index (χ2n) is 8.21. The molecule has 0 aromatic heterocycles. The Hall–Kier alpha value is -0.163. The number of carboxylic acid groups (broad SMARTS) is 6. The molecule has 6 radical (unpaired) electrons. The van der Waals surface area contributed by atoms with Crippen molar-refractivity contribution < 1.29 is 76.1 Å². The van der Waals surface area contributed by atoms with Crippen LogP contribution in [0.15, 0.2) is 0 Å². The summed E-state index contributed by atoms with van der Waals surface area (Å²) in [7, 11) is 0. The molecular formula is C18H30Ge6O18. The molecule has 0 bridgehead atoms. The number of carbonyl (C=O) groups is 6. The van der Waals surface area contributed by atoms with E-state index in [1.54, 1.807) is 0 Å². The van der Waals surface area contributed by atoms with Crippen LogP contribution in [0.25, 0.3) is 0 Å². The van der Waals surface area contributed by atoms with Gasteiger partial charge in [0.2, 0.25) is 0 Å². The maximum absolute atomic E-state index is 11.3. The van der Waals surface area contributed by atoms with Crippen molar-refractivity contribution >= 4 is 126 Å². The molecule has 0 spiro atoms. The number of rotatable bonds is 18. The van der Waals surface area contributed by atoms with E-state index in [9.17, 15) is 59.4 Å². The van der Waals surface area contributed by atoms with E-state index in [0.717, 1.165) is 0 Å². The molecule has 0 amide bonds. The number of hydrogen-bond acceptors (Lipinski definition) is 12. The first kappa shape index (κ1) is 39.9. The summed E-state index contributed by atoms with van der Waals surface area (Å²) in [5.74, 6) is -6.91. The first-order chi connectivity index (χ1) is 19.7. The standard InChI is InChI=1S/C18H30Ge6O18/c25-13(26)1-7-19-37-20(8-2-14(27)28)39-22(10-4-16(31)32)41-24(12-6-18(35)36)42-23(11-5-17(33)34)40-21(38-19)9-3-15(29)30/h1-12H2,(H,25,26)(H,27,28)(H,29,30)(H,31,32)(H,33,34)(H,35,36). The average molecular weight is 970 g/mol. The van der Waals surface area contributed by atoms with Crippen LogP contribution in [0.3, 0.4) is 0 Å². The van der Waals surface area contributed by atoms with Gasteiger partial charge in [-0.1, -0.05) is 0 Å². The Balaban J connectivity index is 3.49. The Morgan fingerprint density at radius 2 is 0.429 bits per heavy atom. The average Bonchev–Trinajstić information content (AvgIpc) is 2.87. The van der Waals surface area contributed by atoms with Crippen molar-refractivity contribution in [3.63, 3.8) is 0 Å². The van der Waals surface area contributed by atoms with Crippen LogP contribution < -0.4 is 0 Å². The van der Waals surface area contributed by atoms with Crippen molar-refractivity contribution in [2.75, 3.05) is 0 Å². The molecule has 6 N–H and O–H groups in total. The van der Waals surface area contributed by atoms with Gasteiger partial charge in [0.25, 0.3) is 0 Å². The van der Waals surface area contributed by atoms with E-state index in [4.69, 9.17) is 16.7 Å². The van der Waals surface area contributed by atoms with Crippen molar-refractivity contribution in [3.05, 3.63) is 0 Å². The summed E-state index contributed by atoms with van der Waals surface area (Å²) in [6.07, 6.45) is -2.12. The molecule has 0 atom stereocenters. The molecule has 1 aliphatic rings. The molecule has 0 saturated carbocycles. The van der Waals surface area contributed by atoms with Crippen molar-refractivity contribution in [2.45, 2.75) is 70.0 Å². The molecule has 1 heterocycles. The normalized spacial score (nSPS) is 17.7. The summed E-state index contributed by atoms with van der Waals surface area (Å²) >= 11 is -19.9. The number of carboxylic acids is 6. The van der Waals surface area contributed by atoms with Crippen LogP contribution in [-0.4, -0.2) is 157 Å². The summed E-state index contributed by atoms with van der Waals surface area (Å²) in [6, 6.07) is 0. The van der Waals surface area contributed by atoms with Gasteiger partial charge in [-0.05, 0) is 0 Å². The van der Waals surface area contributed by atoms with Crippen molar-refractivity contribution in [1.82, 2.24) is 0 Å². The van der Waals surface area contributed by atoms with Gasteiger partial charge in [0.05, 0.1) is 0 Å². The van der Waals surface area contributed by atoms with Crippen LogP contribution in [0.1, 0.15) is 38.5 Å². The molecule has 18 nitrogen and oxygen atoms in total. The van der Waals surface area contributed by atoms with Gasteiger partial charge in [-0.2, -0.15) is 0 Å². The van der Waals surface area contributed by atoms with Crippen molar-refractivity contribution in [2.24, 2.45) is 0 Å². The monoisotopic (exact) mass is 978 g/mol. The quantitative estimate of drug-likeness (QED) is 0.0977. The van der Waals surface area contributed by atoms with Crippen LogP contribution in [0.4, 0.5) is 0 Å². The third-order valence-corrected chi connectivity index (χ3v) is 48.4. The molecule has 0 aromatic carbocycles. The summed E-state index contributed by atoms with van der Waals surface area (Å²) in [5, 5.41) is 55.1. The number of aliphatic carboxylic acids is 6. The van der Waals surface area contributed by atoms with E-state index in [2.05, 4.69) is 0 Å². The SMILES string of the molecule is O=C(O)C[CH2][Ge]1[O][Ge]([CH2]CC(=O)O)[O][Ge]([CH2]CC(=O)O)[O][Ge]([CH2]CC(=O)O)[O][Ge]([CH2]CC(=O)O)[O][Ge]([CH2]CC(=O)O)[O]1. The Bertz CT molecular complexity index is 727. The van der Waals surface area contributed by atoms with Gasteiger partial charge >= 0.3 is 272 Å². The minimum atomic E-state index is -3.32. The van der Waals surface area contributed by atoms with E-state index in [-0.39, 0.29) is 70.0 Å². The van der Waals surface area contributed by atoms with Crippen LogP contribution in [-0.2, 0) is 45.5 Å². The van der Waals surface area contributed by atoms with E-state index in [1.165, 1.54) is 0 Å². The van der Waals surface area contributed by atoms with Gasteiger partial charge in [-0.3, -0.25) is 0 Å². The zero-order valence-electron chi connectivity index (χ0n) is 22.1. The van der Waals surface area contributed by atoms with E-state index in [0.29, 0.717) is 0 Å². The first-order valence-electron chi connectivity index (χ1n) is 12.3. The Morgan fingerprint density at radius 1 is 0.310 bits per heavy atom. The van der Waals surface area contributed by atoms with E-state index in [1.807, 2.05) is 0 Å². The predicted octanol–water partition coefficient (Wildman–Crippen LogP) is -0.123. The summed E-state index contributed by atoms with van der Waals surface area (Å²) in [6.45, 7) is 0. The van der Waals surface area contributed by atoms with Gasteiger partial charge < -0.3 is 0 Å². The molecule has 24 heteroatoms. The molecule has 42 heavy (non-hydrogen) atoms. The molecule has 0 aromatic rings. The minimum absolute atomic E-state index is 0.0520. The van der Waals surface area contributed by atoms with Crippen LogP contribution >= 0.6 is 0 Å². The molecular weight excluding hydrogens is 940 g/mol. The summed E-state index contributed by atoms with van der Waals surface area (Å²) in [5.41, 5.74) is 0. The van der Waals surface area contributed by atoms with Crippen molar-refractivity contribution in [1.29, 1.82) is 0 Å². The fraction of sp³-hybridized carbons (Fsp3) is 0.667. The van der Waals surface area contributed by atoms with Gasteiger partial charge in [-0.15, -0.1) is 0 Å². The molecule has 234 valence electrons. The number of hydrogen-bond donors (Lipinski definition) is 6. The summed E-state index contributed by atoms with van der Waals surface area (Å²) < 4.78 is 37.0. The molecule has 1 aliphatic heterocycles. The second kappa shape index (κ2) is 22.4. The third-order valence-electron chi connectivity index (χ3n) is 4.62.